The van der Waals surface area contributed by atoms with Crippen LogP contribution in [0.5, 0.6) is 0 Å². The molecule has 8 fully saturated rings. The predicted molar refractivity (Wildman–Crippen MR) is 254 cm³/mol. The summed E-state index contributed by atoms with van der Waals surface area (Å²) in [7, 11) is -8.18. The predicted octanol–water partition coefficient (Wildman–Crippen LogP) is 9.41. The third-order valence-electron chi connectivity index (χ3n) is 22.1. The lowest BCUT2D eigenvalue weighted by atomic mass is 9.43. The Bertz CT molecular complexity index is 2040. The van der Waals surface area contributed by atoms with Crippen molar-refractivity contribution in [1.29, 1.82) is 0 Å². The Kier molecular flexibility index (Phi) is 14.3. The fourth-order valence-corrected chi connectivity index (χ4v) is 19.4. The summed E-state index contributed by atoms with van der Waals surface area (Å²) in [6, 6.07) is 0. The molecule has 5 N–H and O–H groups in total. The van der Waals surface area contributed by atoms with Crippen molar-refractivity contribution >= 4 is 32.1 Å². The van der Waals surface area contributed by atoms with E-state index in [1.807, 2.05) is 0 Å². The smallest absolute Gasteiger partial charge is 0.266 e. The molecule has 11 nitrogen and oxygen atoms in total. The minimum Gasteiger partial charge on any atom is -0.393 e. The number of allylic oxidation sites excluding steroid dienone is 2. The topological polar surface area (TPSA) is 187 Å². The number of fused-ring (bicyclic) bond motifs is 10. The van der Waals surface area contributed by atoms with Gasteiger partial charge >= 0.3 is 0 Å². The van der Waals surface area contributed by atoms with Crippen molar-refractivity contribution in [2.75, 3.05) is 24.6 Å². The molecule has 0 heterocycles. The molecular formula is C52H86N2O9S2. The summed E-state index contributed by atoms with van der Waals surface area (Å²) in [5, 5.41) is 17.6. The van der Waals surface area contributed by atoms with Gasteiger partial charge < -0.3 is 15.7 Å². The first-order chi connectivity index (χ1) is 30.5. The first-order valence-corrected chi connectivity index (χ1v) is 29.5. The van der Waals surface area contributed by atoms with E-state index in [0.29, 0.717) is 71.0 Å². The molecule has 0 aromatic rings. The Labute approximate surface area is 392 Å². The van der Waals surface area contributed by atoms with Crippen molar-refractivity contribution in [2.45, 2.75) is 182 Å². The SMILES string of the molecule is C[C@@H](CCC(=O)NCCS(=O)(=O)O)[C@H]1CC[C@@H]2[C@@H]3CCC4C/C(=C5\CC[C@@]6(C)C(C5)C[C@H](O)[C@@H]5C6CC[C@@]6(C)C5CC[C@@H]6[C@@H](C)CCC(=O)NCCS(=O)(=O)O)CC[C@@]4(C)[C@@H]3CC[C@]21C. The molecule has 13 heteroatoms. The van der Waals surface area contributed by atoms with Crippen LogP contribution in [0.15, 0.2) is 11.1 Å². The van der Waals surface area contributed by atoms with E-state index in [1.54, 1.807) is 11.1 Å². The highest BCUT2D eigenvalue weighted by atomic mass is 32.2. The molecule has 8 rings (SSSR count). The van der Waals surface area contributed by atoms with Crippen molar-refractivity contribution in [3.05, 3.63) is 11.1 Å². The maximum atomic E-state index is 12.5. The maximum absolute atomic E-state index is 12.5. The molecule has 17 atom stereocenters. The van der Waals surface area contributed by atoms with Crippen LogP contribution in [0.4, 0.5) is 0 Å². The highest BCUT2D eigenvalue weighted by molar-refractivity contribution is 7.86. The summed E-state index contributed by atoms with van der Waals surface area (Å²) in [4.78, 5) is 25.1. The first kappa shape index (κ1) is 49.9. The Morgan fingerprint density at radius 1 is 0.600 bits per heavy atom. The van der Waals surface area contributed by atoms with Crippen molar-refractivity contribution in [3.63, 3.8) is 0 Å². The molecule has 2 amide bonds. The number of aliphatic hydroxyl groups excluding tert-OH is 1. The lowest BCUT2D eigenvalue weighted by molar-refractivity contribution is -0.160. The zero-order valence-electron chi connectivity index (χ0n) is 40.8. The lowest BCUT2D eigenvalue weighted by Crippen LogP contribution is -2.58. The monoisotopic (exact) mass is 947 g/mol. The van der Waals surface area contributed by atoms with Gasteiger partial charge in [-0.3, -0.25) is 18.7 Å². The first-order valence-electron chi connectivity index (χ1n) is 26.3. The van der Waals surface area contributed by atoms with E-state index in [-0.39, 0.29) is 41.8 Å². The highest BCUT2D eigenvalue weighted by Gasteiger charge is 2.64. The molecule has 0 aromatic carbocycles. The van der Waals surface area contributed by atoms with Crippen LogP contribution >= 0.6 is 0 Å². The largest absolute Gasteiger partial charge is 0.393 e. The number of hydrogen-bond acceptors (Lipinski definition) is 7. The standard InChI is InChI=1S/C52H86N2O9S2/c1-32(7-15-46(56)53-25-27-64(58,59)60)39-11-13-41-38-10-9-36-29-34(17-21-49(36,3)42(38)19-23-51(39,41)5)35-18-22-50(4)37(30-35)31-45(55)48-43-14-12-40(52(43,6)24-20-44(48)50)33(2)8-16-47(57)54-26-28-65(61,62)63/h32-33,36-45,48,55H,7-31H2,1-6H3,(H,53,56)(H,54,57)(H,58,59,60)(H,61,62,63)/b35-34+/t32-,33-,36?,37?,38-,39+,40+,41+,42+,43?,44?,45-,48-,49+,50-,51-,52+/m0/s1. The Hall–Kier alpha value is -1.54. The molecule has 8 aliphatic rings. The minimum absolute atomic E-state index is 0.0480. The van der Waals surface area contributed by atoms with Crippen molar-refractivity contribution < 1.29 is 40.6 Å². The third-order valence-corrected chi connectivity index (χ3v) is 23.5. The van der Waals surface area contributed by atoms with Gasteiger partial charge in [-0.2, -0.15) is 16.8 Å². The van der Waals surface area contributed by atoms with E-state index >= 15 is 0 Å². The van der Waals surface area contributed by atoms with Crippen molar-refractivity contribution in [3.8, 4) is 0 Å². The molecule has 4 unspecified atom stereocenters. The summed E-state index contributed by atoms with van der Waals surface area (Å²) < 4.78 is 62.3. The number of nitrogens with one attached hydrogen (secondary N) is 2. The van der Waals surface area contributed by atoms with E-state index in [9.17, 15) is 31.5 Å². The van der Waals surface area contributed by atoms with Gasteiger partial charge in [-0.25, -0.2) is 0 Å². The van der Waals surface area contributed by atoms with Gasteiger partial charge in [-0.05, 0) is 215 Å². The van der Waals surface area contributed by atoms with Gasteiger partial charge in [-0.15, -0.1) is 0 Å². The Morgan fingerprint density at radius 3 is 1.58 bits per heavy atom. The van der Waals surface area contributed by atoms with Crippen LogP contribution in [0.2, 0.25) is 0 Å². The van der Waals surface area contributed by atoms with Crippen LogP contribution in [0.25, 0.3) is 0 Å². The Balaban J connectivity index is 0.855. The van der Waals surface area contributed by atoms with Gasteiger partial charge in [0.25, 0.3) is 20.2 Å². The molecule has 0 aromatic heterocycles. The highest BCUT2D eigenvalue weighted by Crippen LogP contribution is 2.71. The van der Waals surface area contributed by atoms with Crippen LogP contribution in [-0.4, -0.2) is 73.6 Å². The van der Waals surface area contributed by atoms with E-state index in [1.165, 1.54) is 89.9 Å². The van der Waals surface area contributed by atoms with Crippen LogP contribution in [0.3, 0.4) is 0 Å². The maximum Gasteiger partial charge on any atom is 0.266 e. The summed E-state index contributed by atoms with van der Waals surface area (Å²) in [6.45, 7) is 14.9. The summed E-state index contributed by atoms with van der Waals surface area (Å²) in [6.07, 6.45) is 23.1. The zero-order chi connectivity index (χ0) is 46.9. The molecular weight excluding hydrogens is 861 g/mol. The molecule has 8 aliphatic carbocycles. The van der Waals surface area contributed by atoms with Crippen LogP contribution in [0, 0.1) is 92.7 Å². The van der Waals surface area contributed by atoms with E-state index in [2.05, 4.69) is 52.2 Å². The van der Waals surface area contributed by atoms with Gasteiger partial charge in [-0.1, -0.05) is 52.7 Å². The number of amides is 2. The van der Waals surface area contributed by atoms with Gasteiger partial charge in [0.05, 0.1) is 17.6 Å². The van der Waals surface area contributed by atoms with E-state index in [4.69, 9.17) is 9.11 Å². The fraction of sp³-hybridized carbons (Fsp3) is 0.923. The van der Waals surface area contributed by atoms with Crippen LogP contribution in [-0.2, 0) is 29.8 Å². The molecule has 0 radical (unpaired) electrons. The molecule has 0 bridgehead atoms. The minimum atomic E-state index is -4.10. The summed E-state index contributed by atoms with van der Waals surface area (Å²) in [5.41, 5.74) is 4.70. The van der Waals surface area contributed by atoms with E-state index < -0.39 is 31.7 Å². The second-order valence-corrected chi connectivity index (χ2v) is 28.0. The number of hydrogen-bond donors (Lipinski definition) is 5. The molecule has 0 aliphatic heterocycles. The number of rotatable bonds is 14. The molecule has 0 spiro atoms. The fourth-order valence-electron chi connectivity index (χ4n) is 18.7. The average molecular weight is 947 g/mol. The summed E-state index contributed by atoms with van der Waals surface area (Å²) in [5.74, 6) is 5.84. The number of aliphatic hydroxyl groups is 1. The zero-order valence-corrected chi connectivity index (χ0v) is 42.4. The van der Waals surface area contributed by atoms with Crippen molar-refractivity contribution in [1.82, 2.24) is 10.6 Å². The normalized spacial score (nSPS) is 44.6. The van der Waals surface area contributed by atoms with Gasteiger partial charge in [0.2, 0.25) is 11.8 Å². The van der Waals surface area contributed by atoms with E-state index in [0.717, 1.165) is 55.8 Å². The molecule has 65 heavy (non-hydrogen) atoms. The molecule has 0 saturated heterocycles. The third kappa shape index (κ3) is 9.70. The van der Waals surface area contributed by atoms with Gasteiger partial charge in [0, 0.05) is 25.9 Å². The quantitative estimate of drug-likeness (QED) is 0.0836. The van der Waals surface area contributed by atoms with Gasteiger partial charge in [0.1, 0.15) is 0 Å². The lowest BCUT2D eigenvalue weighted by Gasteiger charge is -2.63. The number of carbonyl (C=O) groups is 2. The van der Waals surface area contributed by atoms with Crippen LogP contribution in [0.1, 0.15) is 176 Å². The van der Waals surface area contributed by atoms with Crippen LogP contribution < -0.4 is 10.6 Å². The molecule has 8 saturated carbocycles. The van der Waals surface area contributed by atoms with Crippen molar-refractivity contribution in [2.24, 2.45) is 92.7 Å². The second kappa shape index (κ2) is 18.7. The number of carbonyl (C=O) groups excluding carboxylic acids is 2. The van der Waals surface area contributed by atoms with Gasteiger partial charge in [0.15, 0.2) is 0 Å². The molecule has 370 valence electrons. The summed E-state index contributed by atoms with van der Waals surface area (Å²) >= 11 is 0. The Morgan fingerprint density at radius 2 is 1.05 bits per heavy atom. The second-order valence-electron chi connectivity index (χ2n) is 24.8. The average Bonchev–Trinajstić information content (AvgIpc) is 3.77.